The van der Waals surface area contributed by atoms with E-state index < -0.39 is 0 Å². The number of piperidine rings is 2. The van der Waals surface area contributed by atoms with E-state index in [1.807, 2.05) is 4.90 Å². The van der Waals surface area contributed by atoms with Gasteiger partial charge in [-0.25, -0.2) is 4.39 Å². The molecule has 2 aliphatic rings. The molecule has 148 valence electrons. The van der Waals surface area contributed by atoms with Crippen molar-refractivity contribution in [1.29, 1.82) is 0 Å². The molecule has 1 aromatic carbocycles. The van der Waals surface area contributed by atoms with Crippen molar-refractivity contribution >= 4 is 11.8 Å². The molecule has 5 nitrogen and oxygen atoms in total. The van der Waals surface area contributed by atoms with Gasteiger partial charge >= 0.3 is 0 Å². The maximum atomic E-state index is 13.6. The zero-order chi connectivity index (χ0) is 19.2. The summed E-state index contributed by atoms with van der Waals surface area (Å²) in [5.41, 5.74) is 0.492. The molecule has 0 atom stereocenters. The molecule has 3 rings (SSSR count). The fourth-order valence-electron chi connectivity index (χ4n) is 3.92. The highest BCUT2D eigenvalue weighted by molar-refractivity contribution is 5.79. The van der Waals surface area contributed by atoms with Gasteiger partial charge in [-0.1, -0.05) is 25.1 Å². The molecule has 0 aromatic heterocycles. The molecule has 0 radical (unpaired) electrons. The summed E-state index contributed by atoms with van der Waals surface area (Å²) in [5, 5.41) is 2.78. The Morgan fingerprint density at radius 3 is 2.41 bits per heavy atom. The lowest BCUT2D eigenvalue weighted by Crippen LogP contribution is -2.47. The number of hydrogen-bond acceptors (Lipinski definition) is 3. The first kappa shape index (κ1) is 19.8. The molecule has 0 spiro atoms. The van der Waals surface area contributed by atoms with Crippen molar-refractivity contribution in [1.82, 2.24) is 15.1 Å². The van der Waals surface area contributed by atoms with E-state index in [9.17, 15) is 14.0 Å². The Hall–Kier alpha value is -1.95. The minimum Gasteiger partial charge on any atom is -0.351 e. The van der Waals surface area contributed by atoms with E-state index in [1.54, 1.807) is 18.2 Å². The number of nitrogens with one attached hydrogen (secondary N) is 1. The molecule has 2 heterocycles. The predicted octanol–water partition coefficient (Wildman–Crippen LogP) is 2.41. The fraction of sp³-hybridized carbons (Fsp3) is 0.619. The lowest BCUT2D eigenvalue weighted by Gasteiger charge is -2.36. The summed E-state index contributed by atoms with van der Waals surface area (Å²) in [5.74, 6) is 0.706. The highest BCUT2D eigenvalue weighted by Crippen LogP contribution is 2.23. The summed E-state index contributed by atoms with van der Waals surface area (Å²) in [4.78, 5) is 28.9. The molecular weight excluding hydrogens is 345 g/mol. The van der Waals surface area contributed by atoms with Gasteiger partial charge in [0, 0.05) is 31.1 Å². The van der Waals surface area contributed by atoms with Gasteiger partial charge in [-0.3, -0.25) is 14.5 Å². The van der Waals surface area contributed by atoms with Gasteiger partial charge < -0.3 is 10.2 Å². The maximum Gasteiger partial charge on any atom is 0.234 e. The van der Waals surface area contributed by atoms with Crippen LogP contribution in [-0.4, -0.2) is 54.3 Å². The number of carbonyl (C=O) groups excluding carboxylic acids is 2. The van der Waals surface area contributed by atoms with Crippen LogP contribution in [-0.2, 0) is 16.1 Å². The van der Waals surface area contributed by atoms with Gasteiger partial charge in [-0.05, 0) is 50.8 Å². The summed E-state index contributed by atoms with van der Waals surface area (Å²) in [6, 6.07) is 6.46. The van der Waals surface area contributed by atoms with Gasteiger partial charge in [0.1, 0.15) is 5.82 Å². The Bertz CT molecular complexity index is 651. The number of nitrogens with zero attached hydrogens (tertiary/aromatic N) is 2. The van der Waals surface area contributed by atoms with E-state index in [0.29, 0.717) is 18.0 Å². The van der Waals surface area contributed by atoms with E-state index >= 15 is 0 Å². The highest BCUT2D eigenvalue weighted by atomic mass is 19.1. The summed E-state index contributed by atoms with van der Waals surface area (Å²) >= 11 is 0. The third-order valence-electron chi connectivity index (χ3n) is 5.83. The van der Waals surface area contributed by atoms with Gasteiger partial charge in [0.25, 0.3) is 0 Å². The number of carbonyl (C=O) groups is 2. The average Bonchev–Trinajstić information content (AvgIpc) is 2.68. The smallest absolute Gasteiger partial charge is 0.234 e. The predicted molar refractivity (Wildman–Crippen MR) is 102 cm³/mol. The molecule has 1 N–H and O–H groups in total. The summed E-state index contributed by atoms with van der Waals surface area (Å²) in [7, 11) is 0. The minimum absolute atomic E-state index is 0.0936. The van der Waals surface area contributed by atoms with Gasteiger partial charge in [-0.2, -0.15) is 0 Å². The third kappa shape index (κ3) is 5.51. The van der Waals surface area contributed by atoms with Crippen molar-refractivity contribution in [2.45, 2.75) is 39.2 Å². The Balaban J connectivity index is 1.38. The second-order valence-corrected chi connectivity index (χ2v) is 7.93. The standard InChI is InChI=1S/C21H30FN3O2/c1-16-6-12-25(13-7-16)21(27)17-8-10-24(11-9-17)15-20(26)23-14-18-4-2-3-5-19(18)22/h2-5,16-17H,6-15H2,1H3,(H,23,26). The lowest BCUT2D eigenvalue weighted by atomic mass is 9.92. The topological polar surface area (TPSA) is 52.7 Å². The summed E-state index contributed by atoms with van der Waals surface area (Å²) < 4.78 is 13.6. The first-order valence-electron chi connectivity index (χ1n) is 10.0. The number of likely N-dealkylation sites (tertiary alicyclic amines) is 2. The molecule has 27 heavy (non-hydrogen) atoms. The molecule has 1 aromatic rings. The molecule has 2 saturated heterocycles. The van der Waals surface area contributed by atoms with E-state index in [0.717, 1.165) is 57.8 Å². The summed E-state index contributed by atoms with van der Waals surface area (Å²) in [6.07, 6.45) is 3.83. The van der Waals surface area contributed by atoms with E-state index in [1.165, 1.54) is 6.07 Å². The van der Waals surface area contributed by atoms with Gasteiger partial charge in [0.05, 0.1) is 6.54 Å². The molecule has 2 aliphatic heterocycles. The number of halogens is 1. The van der Waals surface area contributed by atoms with Crippen LogP contribution >= 0.6 is 0 Å². The molecule has 0 saturated carbocycles. The Labute approximate surface area is 160 Å². The first-order valence-corrected chi connectivity index (χ1v) is 10.0. The highest BCUT2D eigenvalue weighted by Gasteiger charge is 2.30. The molecular formula is C21H30FN3O2. The second kappa shape index (κ2) is 9.31. The van der Waals surface area contributed by atoms with E-state index in [4.69, 9.17) is 0 Å². The van der Waals surface area contributed by atoms with E-state index in [2.05, 4.69) is 17.1 Å². The lowest BCUT2D eigenvalue weighted by molar-refractivity contribution is -0.138. The molecule has 0 aliphatic carbocycles. The quantitative estimate of drug-likeness (QED) is 0.860. The van der Waals surface area contributed by atoms with Crippen LogP contribution in [0, 0.1) is 17.7 Å². The van der Waals surface area contributed by atoms with Crippen LogP contribution in [0.25, 0.3) is 0 Å². The Morgan fingerprint density at radius 2 is 1.74 bits per heavy atom. The van der Waals surface area contributed by atoms with Gasteiger partial charge in [0.15, 0.2) is 0 Å². The molecule has 0 unspecified atom stereocenters. The number of rotatable bonds is 5. The van der Waals surface area contributed by atoms with Crippen molar-refractivity contribution in [2.75, 3.05) is 32.7 Å². The monoisotopic (exact) mass is 375 g/mol. The number of amides is 2. The van der Waals surface area contributed by atoms with Crippen molar-refractivity contribution in [3.63, 3.8) is 0 Å². The zero-order valence-electron chi connectivity index (χ0n) is 16.1. The second-order valence-electron chi connectivity index (χ2n) is 7.93. The van der Waals surface area contributed by atoms with Crippen LogP contribution in [0.2, 0.25) is 0 Å². The largest absolute Gasteiger partial charge is 0.351 e. The summed E-state index contributed by atoms with van der Waals surface area (Å²) in [6.45, 7) is 6.04. The van der Waals surface area contributed by atoms with Crippen LogP contribution < -0.4 is 5.32 Å². The van der Waals surface area contributed by atoms with Gasteiger partial charge in [0.2, 0.25) is 11.8 Å². The van der Waals surface area contributed by atoms with Gasteiger partial charge in [-0.15, -0.1) is 0 Å². The van der Waals surface area contributed by atoms with Crippen LogP contribution in [0.4, 0.5) is 4.39 Å². The first-order chi connectivity index (χ1) is 13.0. The van der Waals surface area contributed by atoms with Crippen LogP contribution in [0.5, 0.6) is 0 Å². The third-order valence-corrected chi connectivity index (χ3v) is 5.83. The van der Waals surface area contributed by atoms with E-state index in [-0.39, 0.29) is 24.2 Å². The Kier molecular flexibility index (Phi) is 6.83. The number of benzene rings is 1. The van der Waals surface area contributed by atoms with Crippen molar-refractivity contribution in [2.24, 2.45) is 11.8 Å². The van der Waals surface area contributed by atoms with Crippen LogP contribution in [0.1, 0.15) is 38.2 Å². The van der Waals surface area contributed by atoms with Crippen molar-refractivity contribution in [3.8, 4) is 0 Å². The zero-order valence-corrected chi connectivity index (χ0v) is 16.1. The molecule has 2 fully saturated rings. The SMILES string of the molecule is CC1CCN(C(=O)C2CCN(CC(=O)NCc3ccccc3F)CC2)CC1. The van der Waals surface area contributed by atoms with Crippen LogP contribution in [0.15, 0.2) is 24.3 Å². The normalized spacial score (nSPS) is 19.9. The molecule has 2 amide bonds. The number of hydrogen-bond donors (Lipinski definition) is 1. The Morgan fingerprint density at radius 1 is 1.07 bits per heavy atom. The van der Waals surface area contributed by atoms with Crippen molar-refractivity contribution < 1.29 is 14.0 Å². The molecule has 6 heteroatoms. The molecule has 0 bridgehead atoms. The fourth-order valence-corrected chi connectivity index (χ4v) is 3.92. The average molecular weight is 375 g/mol. The maximum absolute atomic E-state index is 13.6. The minimum atomic E-state index is -0.302. The van der Waals surface area contributed by atoms with Crippen molar-refractivity contribution in [3.05, 3.63) is 35.6 Å². The van der Waals surface area contributed by atoms with Crippen LogP contribution in [0.3, 0.4) is 0 Å².